The molecule has 1 fully saturated rings. The Hall–Kier alpha value is -2.69. The average molecular weight is 383 g/mol. The van der Waals surface area contributed by atoms with Crippen molar-refractivity contribution in [1.29, 1.82) is 0 Å². The highest BCUT2D eigenvalue weighted by Crippen LogP contribution is 2.23. The summed E-state index contributed by atoms with van der Waals surface area (Å²) in [5.74, 6) is 1.73. The maximum absolute atomic E-state index is 13.0. The molecule has 150 valence electrons. The van der Waals surface area contributed by atoms with E-state index in [0.717, 1.165) is 35.8 Å². The number of benzene rings is 2. The molecule has 2 aromatic carbocycles. The molecule has 0 spiro atoms. The number of nitrogens with zero attached hydrogens (tertiary/aromatic N) is 2. The lowest BCUT2D eigenvalue weighted by Gasteiger charge is -2.37. The van der Waals surface area contributed by atoms with Crippen molar-refractivity contribution in [3.05, 3.63) is 53.6 Å². The second kappa shape index (κ2) is 9.00. The van der Waals surface area contributed by atoms with E-state index in [1.54, 1.807) is 7.11 Å². The van der Waals surface area contributed by atoms with Crippen molar-refractivity contribution in [1.82, 2.24) is 4.90 Å². The third-order valence-electron chi connectivity index (χ3n) is 5.27. The number of methoxy groups -OCH3 is 1. The molecule has 1 aliphatic rings. The molecule has 5 heteroatoms. The monoisotopic (exact) mass is 382 g/mol. The maximum Gasteiger partial charge on any atom is 0.263 e. The number of carbonyl (C=O) groups is 1. The van der Waals surface area contributed by atoms with Crippen molar-refractivity contribution in [2.75, 3.05) is 38.2 Å². The molecular formula is C23H30N2O3. The fourth-order valence-corrected chi connectivity index (χ4v) is 3.57. The van der Waals surface area contributed by atoms with Crippen molar-refractivity contribution in [2.45, 2.75) is 33.3 Å². The first-order chi connectivity index (χ1) is 13.5. The third kappa shape index (κ3) is 4.58. The predicted octanol–water partition coefficient (Wildman–Crippen LogP) is 3.82. The van der Waals surface area contributed by atoms with Gasteiger partial charge in [-0.25, -0.2) is 0 Å². The number of hydrogen-bond donors (Lipinski definition) is 0. The molecule has 0 bridgehead atoms. The SMILES string of the molecule is CC[C@H](Oc1ccc(C)cc1C)C(=O)N1CCN(c2ccc(OC)cc2)CC1. The molecule has 2 aromatic rings. The number of piperazine rings is 1. The van der Waals surface area contributed by atoms with E-state index < -0.39 is 6.10 Å². The standard InChI is InChI=1S/C23H30N2O3/c1-5-21(28-22-11-6-17(2)16-18(22)3)23(26)25-14-12-24(13-15-25)19-7-9-20(27-4)10-8-19/h6-11,16,21H,5,12-15H2,1-4H3/t21-/m0/s1. The Bertz CT molecular complexity index is 796. The summed E-state index contributed by atoms with van der Waals surface area (Å²) in [6, 6.07) is 14.1. The molecule has 5 nitrogen and oxygen atoms in total. The first-order valence-electron chi connectivity index (χ1n) is 9.93. The summed E-state index contributed by atoms with van der Waals surface area (Å²) in [4.78, 5) is 17.2. The van der Waals surface area contributed by atoms with Crippen LogP contribution in [0.1, 0.15) is 24.5 Å². The zero-order valence-corrected chi connectivity index (χ0v) is 17.3. The highest BCUT2D eigenvalue weighted by molar-refractivity contribution is 5.81. The van der Waals surface area contributed by atoms with Gasteiger partial charge in [-0.05, 0) is 56.2 Å². The second-order valence-corrected chi connectivity index (χ2v) is 7.29. The zero-order chi connectivity index (χ0) is 20.1. The minimum absolute atomic E-state index is 0.0804. The van der Waals surface area contributed by atoms with Gasteiger partial charge in [0.05, 0.1) is 7.11 Å². The van der Waals surface area contributed by atoms with Crippen LogP contribution in [-0.4, -0.2) is 50.2 Å². The lowest BCUT2D eigenvalue weighted by Crippen LogP contribution is -2.52. The lowest BCUT2D eigenvalue weighted by molar-refractivity contribution is -0.139. The topological polar surface area (TPSA) is 42.0 Å². The number of carbonyl (C=O) groups excluding carboxylic acids is 1. The first kappa shape index (κ1) is 20.1. The molecule has 0 radical (unpaired) electrons. The van der Waals surface area contributed by atoms with Crippen LogP contribution in [0.4, 0.5) is 5.69 Å². The molecule has 1 amide bonds. The van der Waals surface area contributed by atoms with E-state index in [9.17, 15) is 4.79 Å². The molecular weight excluding hydrogens is 352 g/mol. The Morgan fingerprint density at radius 1 is 1.04 bits per heavy atom. The molecule has 1 atom stereocenters. The molecule has 1 aliphatic heterocycles. The molecule has 0 N–H and O–H groups in total. The van der Waals surface area contributed by atoms with E-state index in [1.165, 1.54) is 5.56 Å². The molecule has 1 heterocycles. The van der Waals surface area contributed by atoms with Gasteiger partial charge in [-0.2, -0.15) is 0 Å². The van der Waals surface area contributed by atoms with Crippen molar-refractivity contribution < 1.29 is 14.3 Å². The number of rotatable bonds is 6. The van der Waals surface area contributed by atoms with E-state index in [2.05, 4.69) is 30.0 Å². The summed E-state index contributed by atoms with van der Waals surface area (Å²) in [6.45, 7) is 9.12. The van der Waals surface area contributed by atoms with Gasteiger partial charge in [0, 0.05) is 31.9 Å². The molecule has 0 aliphatic carbocycles. The van der Waals surface area contributed by atoms with Crippen LogP contribution >= 0.6 is 0 Å². The predicted molar refractivity (Wildman–Crippen MR) is 112 cm³/mol. The molecule has 0 aromatic heterocycles. The van der Waals surface area contributed by atoms with Crippen LogP contribution in [0.3, 0.4) is 0 Å². The highest BCUT2D eigenvalue weighted by Gasteiger charge is 2.28. The molecule has 0 saturated carbocycles. The van der Waals surface area contributed by atoms with Gasteiger partial charge in [0.1, 0.15) is 11.5 Å². The summed E-state index contributed by atoms with van der Waals surface area (Å²) in [6.07, 6.45) is 0.221. The largest absolute Gasteiger partial charge is 0.497 e. The van der Waals surface area contributed by atoms with E-state index in [4.69, 9.17) is 9.47 Å². The molecule has 0 unspecified atom stereocenters. The van der Waals surface area contributed by atoms with Crippen LogP contribution in [0, 0.1) is 13.8 Å². The van der Waals surface area contributed by atoms with Gasteiger partial charge < -0.3 is 19.3 Å². The minimum Gasteiger partial charge on any atom is -0.497 e. The summed E-state index contributed by atoms with van der Waals surface area (Å²) < 4.78 is 11.3. The van der Waals surface area contributed by atoms with Crippen LogP contribution in [-0.2, 0) is 4.79 Å². The number of amides is 1. The Kier molecular flexibility index (Phi) is 6.45. The molecule has 3 rings (SSSR count). The van der Waals surface area contributed by atoms with E-state index in [1.807, 2.05) is 43.0 Å². The van der Waals surface area contributed by atoms with Crippen LogP contribution in [0.15, 0.2) is 42.5 Å². The van der Waals surface area contributed by atoms with Gasteiger partial charge in [0.25, 0.3) is 5.91 Å². The minimum atomic E-state index is -0.436. The van der Waals surface area contributed by atoms with Gasteiger partial charge in [-0.1, -0.05) is 24.6 Å². The van der Waals surface area contributed by atoms with E-state index >= 15 is 0 Å². The van der Waals surface area contributed by atoms with Gasteiger partial charge in [-0.15, -0.1) is 0 Å². The van der Waals surface area contributed by atoms with Crippen molar-refractivity contribution in [2.24, 2.45) is 0 Å². The molecule has 1 saturated heterocycles. The normalized spacial score (nSPS) is 15.3. The number of aryl methyl sites for hydroxylation is 2. The Balaban J connectivity index is 1.59. The first-order valence-corrected chi connectivity index (χ1v) is 9.93. The number of hydrogen-bond acceptors (Lipinski definition) is 4. The third-order valence-corrected chi connectivity index (χ3v) is 5.27. The van der Waals surface area contributed by atoms with Gasteiger partial charge >= 0.3 is 0 Å². The van der Waals surface area contributed by atoms with E-state index in [-0.39, 0.29) is 5.91 Å². The Labute approximate surface area is 167 Å². The Morgan fingerprint density at radius 3 is 2.29 bits per heavy atom. The molecule has 28 heavy (non-hydrogen) atoms. The average Bonchev–Trinajstić information content (AvgIpc) is 2.73. The maximum atomic E-state index is 13.0. The van der Waals surface area contributed by atoms with Crippen molar-refractivity contribution >= 4 is 11.6 Å². The van der Waals surface area contributed by atoms with Crippen LogP contribution < -0.4 is 14.4 Å². The quantitative estimate of drug-likeness (QED) is 0.762. The van der Waals surface area contributed by atoms with Gasteiger partial charge in [0.2, 0.25) is 0 Å². The number of ether oxygens (including phenoxy) is 2. The summed E-state index contributed by atoms with van der Waals surface area (Å²) in [7, 11) is 1.67. The number of anilines is 1. The van der Waals surface area contributed by atoms with Crippen LogP contribution in [0.25, 0.3) is 0 Å². The smallest absolute Gasteiger partial charge is 0.263 e. The summed E-state index contributed by atoms with van der Waals surface area (Å²) in [5.41, 5.74) is 3.42. The van der Waals surface area contributed by atoms with Gasteiger partial charge in [0.15, 0.2) is 6.10 Å². The summed E-state index contributed by atoms with van der Waals surface area (Å²) in [5, 5.41) is 0. The highest BCUT2D eigenvalue weighted by atomic mass is 16.5. The fraction of sp³-hybridized carbons (Fsp3) is 0.435. The van der Waals surface area contributed by atoms with Crippen molar-refractivity contribution in [3.8, 4) is 11.5 Å². The van der Waals surface area contributed by atoms with Crippen molar-refractivity contribution in [3.63, 3.8) is 0 Å². The fourth-order valence-electron chi connectivity index (χ4n) is 3.57. The van der Waals surface area contributed by atoms with Gasteiger partial charge in [-0.3, -0.25) is 4.79 Å². The summed E-state index contributed by atoms with van der Waals surface area (Å²) >= 11 is 0. The van der Waals surface area contributed by atoms with Crippen LogP contribution in [0.5, 0.6) is 11.5 Å². The Morgan fingerprint density at radius 2 is 1.71 bits per heavy atom. The second-order valence-electron chi connectivity index (χ2n) is 7.29. The van der Waals surface area contributed by atoms with E-state index in [0.29, 0.717) is 19.5 Å². The lowest BCUT2D eigenvalue weighted by atomic mass is 10.1. The zero-order valence-electron chi connectivity index (χ0n) is 17.3. The van der Waals surface area contributed by atoms with Crippen LogP contribution in [0.2, 0.25) is 0 Å².